The van der Waals surface area contributed by atoms with Gasteiger partial charge in [-0.1, -0.05) is 37.7 Å². The molecule has 1 amide bonds. The van der Waals surface area contributed by atoms with Crippen LogP contribution >= 0.6 is 11.3 Å². The van der Waals surface area contributed by atoms with Gasteiger partial charge in [-0.3, -0.25) is 4.79 Å². The molecule has 2 aromatic carbocycles. The Morgan fingerprint density at radius 1 is 1.17 bits per heavy atom. The summed E-state index contributed by atoms with van der Waals surface area (Å²) in [5.41, 5.74) is 0.777. The molecule has 188 valence electrons. The first-order valence-electron chi connectivity index (χ1n) is 11.9. The van der Waals surface area contributed by atoms with Gasteiger partial charge in [0, 0.05) is 44.6 Å². The lowest BCUT2D eigenvalue weighted by Crippen LogP contribution is -2.41. The van der Waals surface area contributed by atoms with Gasteiger partial charge in [0.2, 0.25) is 10.0 Å². The second-order valence-electron chi connectivity index (χ2n) is 8.55. The van der Waals surface area contributed by atoms with Crippen LogP contribution < -0.4 is 4.74 Å². The number of amides is 1. The summed E-state index contributed by atoms with van der Waals surface area (Å²) < 4.78 is 47.9. The van der Waals surface area contributed by atoms with Gasteiger partial charge in [-0.05, 0) is 42.8 Å². The highest BCUT2D eigenvalue weighted by molar-refractivity contribution is 7.89. The molecule has 0 spiro atoms. The summed E-state index contributed by atoms with van der Waals surface area (Å²) in [5.74, 6) is -0.496. The normalized spacial score (nSPS) is 15.1. The monoisotopic (exact) mass is 519 g/mol. The maximum absolute atomic E-state index is 13.9. The molecule has 3 aromatic rings. The highest BCUT2D eigenvalue weighted by atomic mass is 32.2. The number of carbonyl (C=O) groups is 1. The summed E-state index contributed by atoms with van der Waals surface area (Å²) in [6, 6.07) is 11.0. The van der Waals surface area contributed by atoms with Crippen LogP contribution in [0.4, 0.5) is 4.39 Å². The third-order valence-electron chi connectivity index (χ3n) is 6.20. The van der Waals surface area contributed by atoms with E-state index in [0.717, 1.165) is 17.5 Å². The van der Waals surface area contributed by atoms with Crippen LogP contribution in [-0.2, 0) is 10.0 Å². The highest BCUT2D eigenvalue weighted by Crippen LogP contribution is 2.31. The number of ether oxygens (including phenoxy) is 1. The number of sulfonamides is 1. The Bertz CT molecular complexity index is 1270. The van der Waals surface area contributed by atoms with Gasteiger partial charge in [0.1, 0.15) is 17.4 Å². The van der Waals surface area contributed by atoms with Crippen LogP contribution in [-0.4, -0.2) is 60.8 Å². The third-order valence-corrected chi connectivity index (χ3v) is 9.10. The van der Waals surface area contributed by atoms with E-state index in [2.05, 4.69) is 4.98 Å². The molecule has 0 radical (unpaired) electrons. The molecule has 10 heteroatoms. The zero-order valence-corrected chi connectivity index (χ0v) is 21.6. The quantitative estimate of drug-likeness (QED) is 0.401. The van der Waals surface area contributed by atoms with Crippen LogP contribution in [0.3, 0.4) is 0 Å². The molecule has 2 heterocycles. The van der Waals surface area contributed by atoms with Crippen molar-refractivity contribution in [3.05, 3.63) is 53.8 Å². The number of aromatic nitrogens is 1. The van der Waals surface area contributed by atoms with Crippen molar-refractivity contribution in [2.45, 2.75) is 50.5 Å². The van der Waals surface area contributed by atoms with E-state index in [1.807, 2.05) is 19.9 Å². The van der Waals surface area contributed by atoms with Gasteiger partial charge in [-0.2, -0.15) is 9.29 Å². The van der Waals surface area contributed by atoms with Crippen LogP contribution in [0.2, 0.25) is 0 Å². The van der Waals surface area contributed by atoms with Gasteiger partial charge >= 0.3 is 0 Å². The van der Waals surface area contributed by atoms with E-state index in [4.69, 9.17) is 4.74 Å². The molecule has 1 fully saturated rings. The van der Waals surface area contributed by atoms with Gasteiger partial charge in [0.25, 0.3) is 11.1 Å². The van der Waals surface area contributed by atoms with E-state index in [1.54, 1.807) is 23.1 Å². The zero-order valence-electron chi connectivity index (χ0n) is 19.9. The Kier molecular flexibility index (Phi) is 8.03. The summed E-state index contributed by atoms with van der Waals surface area (Å²) in [6.45, 7) is 5.78. The minimum absolute atomic E-state index is 0.0988. The van der Waals surface area contributed by atoms with Crippen molar-refractivity contribution in [3.63, 3.8) is 0 Å². The second-order valence-corrected chi connectivity index (χ2v) is 11.5. The Balaban J connectivity index is 1.35. The Morgan fingerprint density at radius 3 is 2.51 bits per heavy atom. The number of unbranched alkanes of at least 4 members (excludes halogenated alkanes) is 1. The fraction of sp³-hybridized carbons (Fsp3) is 0.440. The number of para-hydroxylation sites is 1. The number of hydrogen-bond acceptors (Lipinski definition) is 6. The van der Waals surface area contributed by atoms with Crippen molar-refractivity contribution < 1.29 is 22.3 Å². The summed E-state index contributed by atoms with van der Waals surface area (Å²) in [5, 5.41) is 0.437. The van der Waals surface area contributed by atoms with E-state index in [9.17, 15) is 17.6 Å². The lowest BCUT2D eigenvalue weighted by atomic mass is 10.1. The van der Waals surface area contributed by atoms with Crippen LogP contribution in [0, 0.1) is 5.82 Å². The predicted octanol–water partition coefficient (Wildman–Crippen LogP) is 4.93. The molecule has 1 aromatic heterocycles. The number of likely N-dealkylation sites (tertiary alicyclic amines) is 1. The van der Waals surface area contributed by atoms with E-state index < -0.39 is 10.0 Å². The number of halogens is 1. The maximum Gasteiger partial charge on any atom is 0.274 e. The summed E-state index contributed by atoms with van der Waals surface area (Å²) in [7, 11) is -3.58. The van der Waals surface area contributed by atoms with Gasteiger partial charge in [-0.25, -0.2) is 12.8 Å². The molecule has 1 aliphatic heterocycles. The number of thiazole rings is 1. The van der Waals surface area contributed by atoms with Crippen LogP contribution in [0.25, 0.3) is 10.2 Å². The van der Waals surface area contributed by atoms with Crippen LogP contribution in [0.1, 0.15) is 49.9 Å². The van der Waals surface area contributed by atoms with E-state index >= 15 is 0 Å². The van der Waals surface area contributed by atoms with E-state index in [0.29, 0.717) is 55.3 Å². The highest BCUT2D eigenvalue weighted by Gasteiger charge is 2.27. The first-order valence-corrected chi connectivity index (χ1v) is 14.2. The average molecular weight is 520 g/mol. The summed E-state index contributed by atoms with van der Waals surface area (Å²) in [4.78, 5) is 19.2. The lowest BCUT2D eigenvalue weighted by molar-refractivity contribution is 0.0595. The zero-order chi connectivity index (χ0) is 25.0. The molecule has 35 heavy (non-hydrogen) atoms. The molecule has 0 unspecified atom stereocenters. The largest absolute Gasteiger partial charge is 0.467 e. The van der Waals surface area contributed by atoms with Crippen molar-refractivity contribution in [2.24, 2.45) is 0 Å². The van der Waals surface area contributed by atoms with Crippen molar-refractivity contribution in [3.8, 4) is 5.19 Å². The number of benzene rings is 2. The molecule has 0 bridgehead atoms. The first kappa shape index (κ1) is 25.5. The molecule has 4 rings (SSSR count). The molecule has 0 aliphatic carbocycles. The van der Waals surface area contributed by atoms with Gasteiger partial charge in [0.15, 0.2) is 0 Å². The van der Waals surface area contributed by atoms with Crippen molar-refractivity contribution in [1.82, 2.24) is 14.2 Å². The number of fused-ring (bicyclic) bond motifs is 1. The Hall–Kier alpha value is -2.56. The van der Waals surface area contributed by atoms with Gasteiger partial charge in [-0.15, -0.1) is 0 Å². The fourth-order valence-corrected chi connectivity index (χ4v) is 6.53. The minimum atomic E-state index is -3.58. The molecule has 0 N–H and O–H groups in total. The Morgan fingerprint density at radius 2 is 1.89 bits per heavy atom. The number of piperidine rings is 1. The average Bonchev–Trinajstić information content (AvgIpc) is 3.28. The van der Waals surface area contributed by atoms with E-state index in [-0.39, 0.29) is 22.7 Å². The van der Waals surface area contributed by atoms with Gasteiger partial charge < -0.3 is 9.64 Å². The Labute approximate surface area is 209 Å². The first-order chi connectivity index (χ1) is 16.8. The van der Waals surface area contributed by atoms with Crippen molar-refractivity contribution in [1.29, 1.82) is 0 Å². The molecule has 1 aliphatic rings. The fourth-order valence-electron chi connectivity index (χ4n) is 4.15. The molecule has 7 nitrogen and oxygen atoms in total. The van der Waals surface area contributed by atoms with E-state index in [1.165, 1.54) is 33.8 Å². The third kappa shape index (κ3) is 5.65. The van der Waals surface area contributed by atoms with Crippen molar-refractivity contribution in [2.75, 3.05) is 26.2 Å². The molecular weight excluding hydrogens is 489 g/mol. The standard InChI is InChI=1S/C25H30FN3O4S2/c1-3-5-15-29(4-2)35(31,32)20-11-9-18(10-12-20)24(30)28-16-13-19(14-17-28)33-25-27-23-21(26)7-6-8-22(23)34-25/h6-12,19H,3-5,13-17H2,1-2H3. The number of nitrogens with zero attached hydrogens (tertiary/aromatic N) is 3. The summed E-state index contributed by atoms with van der Waals surface area (Å²) in [6.07, 6.45) is 2.90. The number of hydrogen-bond donors (Lipinski definition) is 0. The van der Waals surface area contributed by atoms with Crippen LogP contribution in [0.15, 0.2) is 47.4 Å². The molecular formula is C25H30FN3O4S2. The second kappa shape index (κ2) is 11.0. The maximum atomic E-state index is 13.9. The molecule has 0 saturated carbocycles. The molecule has 1 saturated heterocycles. The molecule has 0 atom stereocenters. The lowest BCUT2D eigenvalue weighted by Gasteiger charge is -2.31. The number of rotatable bonds is 9. The van der Waals surface area contributed by atoms with Gasteiger partial charge in [0.05, 0.1) is 9.60 Å². The SMILES string of the molecule is CCCCN(CC)S(=O)(=O)c1ccc(C(=O)N2CCC(Oc3nc4c(F)cccc4s3)CC2)cc1. The smallest absolute Gasteiger partial charge is 0.274 e. The van der Waals surface area contributed by atoms with Crippen LogP contribution in [0.5, 0.6) is 5.19 Å². The minimum Gasteiger partial charge on any atom is -0.467 e. The number of carbonyl (C=O) groups excluding carboxylic acids is 1. The summed E-state index contributed by atoms with van der Waals surface area (Å²) >= 11 is 1.31. The van der Waals surface area contributed by atoms with Crippen molar-refractivity contribution >= 4 is 37.5 Å². The predicted molar refractivity (Wildman–Crippen MR) is 135 cm³/mol. The topological polar surface area (TPSA) is 79.8 Å².